The Bertz CT molecular complexity index is 981. The molecule has 1 fully saturated rings. The first kappa shape index (κ1) is 20.0. The van der Waals surface area contributed by atoms with Gasteiger partial charge in [0.1, 0.15) is 0 Å². The van der Waals surface area contributed by atoms with Gasteiger partial charge in [-0.15, -0.1) is 0 Å². The minimum atomic E-state index is -0.0998. The molecule has 0 radical (unpaired) electrons. The molecule has 0 unspecified atom stereocenters. The van der Waals surface area contributed by atoms with Crippen molar-refractivity contribution in [2.24, 2.45) is 0 Å². The lowest BCUT2D eigenvalue weighted by atomic mass is 10.2. The molecule has 0 bridgehead atoms. The van der Waals surface area contributed by atoms with Gasteiger partial charge in [-0.05, 0) is 29.8 Å². The molecule has 1 saturated heterocycles. The number of carbonyl (C=O) groups is 1. The fraction of sp³-hybridized carbons (Fsp3) is 0.273. The summed E-state index contributed by atoms with van der Waals surface area (Å²) in [5, 5.41) is 1.34. The number of thiazole rings is 1. The lowest BCUT2D eigenvalue weighted by molar-refractivity contribution is -0.114. The van der Waals surface area contributed by atoms with E-state index < -0.39 is 0 Å². The number of halogens is 1. The highest BCUT2D eigenvalue weighted by Gasteiger charge is 2.20. The SMILES string of the molecule is O=C(/C=C/c1ccccc1Cl)N(CCN1CCOCC1)c1nc2ccccc2s1. The molecule has 2 heterocycles. The second kappa shape index (κ2) is 9.50. The first-order valence-electron chi connectivity index (χ1n) is 9.60. The number of anilines is 1. The Hall–Kier alpha value is -2.25. The molecule has 1 aliphatic heterocycles. The molecule has 0 spiro atoms. The first-order chi connectivity index (χ1) is 14.2. The molecule has 1 amide bonds. The summed E-state index contributed by atoms with van der Waals surface area (Å²) >= 11 is 7.75. The average Bonchev–Trinajstić information content (AvgIpc) is 3.18. The second-order valence-corrected chi connectivity index (χ2v) is 8.18. The zero-order valence-electron chi connectivity index (χ0n) is 16.0. The maximum atomic E-state index is 13.1. The molecule has 1 aromatic heterocycles. The van der Waals surface area contributed by atoms with Crippen LogP contribution in [0.25, 0.3) is 16.3 Å². The third-order valence-corrected chi connectivity index (χ3v) is 6.24. The summed E-state index contributed by atoms with van der Waals surface area (Å²) in [6, 6.07) is 15.4. The quantitative estimate of drug-likeness (QED) is 0.549. The van der Waals surface area contributed by atoms with E-state index in [0.29, 0.717) is 16.7 Å². The number of amides is 1. The van der Waals surface area contributed by atoms with Gasteiger partial charge >= 0.3 is 0 Å². The summed E-state index contributed by atoms with van der Waals surface area (Å²) in [7, 11) is 0. The zero-order valence-corrected chi connectivity index (χ0v) is 17.5. The molecule has 0 atom stereocenters. The number of rotatable bonds is 6. The fourth-order valence-corrected chi connectivity index (χ4v) is 4.40. The van der Waals surface area contributed by atoms with Crippen molar-refractivity contribution >= 4 is 50.3 Å². The van der Waals surface area contributed by atoms with Crippen molar-refractivity contribution in [3.8, 4) is 0 Å². The van der Waals surface area contributed by atoms with Gasteiger partial charge in [-0.2, -0.15) is 0 Å². The van der Waals surface area contributed by atoms with Crippen molar-refractivity contribution < 1.29 is 9.53 Å². The Morgan fingerprint density at radius 3 is 2.72 bits per heavy atom. The molecule has 0 saturated carbocycles. The summed E-state index contributed by atoms with van der Waals surface area (Å²) in [6.45, 7) is 4.61. The number of benzene rings is 2. The average molecular weight is 428 g/mol. The van der Waals surface area contributed by atoms with Gasteiger partial charge in [0, 0.05) is 37.3 Å². The maximum absolute atomic E-state index is 13.1. The highest BCUT2D eigenvalue weighted by Crippen LogP contribution is 2.29. The van der Waals surface area contributed by atoms with Crippen molar-refractivity contribution in [2.45, 2.75) is 0 Å². The lowest BCUT2D eigenvalue weighted by Crippen LogP contribution is -2.42. The predicted octanol–water partition coefficient (Wildman–Crippen LogP) is 4.33. The van der Waals surface area contributed by atoms with Crippen LogP contribution in [0.15, 0.2) is 54.6 Å². The van der Waals surface area contributed by atoms with Crippen molar-refractivity contribution in [3.63, 3.8) is 0 Å². The summed E-state index contributed by atoms with van der Waals surface area (Å²) in [4.78, 5) is 21.9. The van der Waals surface area contributed by atoms with Crippen LogP contribution in [0.4, 0.5) is 5.13 Å². The third-order valence-electron chi connectivity index (χ3n) is 4.83. The molecular formula is C22H22ClN3O2S. The van der Waals surface area contributed by atoms with Crippen molar-refractivity contribution in [1.29, 1.82) is 0 Å². The molecular weight excluding hydrogens is 406 g/mol. The smallest absolute Gasteiger partial charge is 0.252 e. The Balaban J connectivity index is 1.56. The van der Waals surface area contributed by atoms with E-state index in [4.69, 9.17) is 21.3 Å². The van der Waals surface area contributed by atoms with Crippen LogP contribution in [0, 0.1) is 0 Å². The summed E-state index contributed by atoms with van der Waals surface area (Å²) in [6.07, 6.45) is 3.34. The van der Waals surface area contributed by atoms with E-state index in [1.807, 2.05) is 48.5 Å². The second-order valence-electron chi connectivity index (χ2n) is 6.76. The van der Waals surface area contributed by atoms with Gasteiger partial charge in [0.2, 0.25) is 0 Å². The predicted molar refractivity (Wildman–Crippen MR) is 120 cm³/mol. The van der Waals surface area contributed by atoms with Crippen LogP contribution < -0.4 is 4.90 Å². The summed E-state index contributed by atoms with van der Waals surface area (Å²) < 4.78 is 6.49. The van der Waals surface area contributed by atoms with E-state index in [2.05, 4.69) is 4.90 Å². The minimum absolute atomic E-state index is 0.0998. The fourth-order valence-electron chi connectivity index (χ4n) is 3.20. The number of carbonyl (C=O) groups excluding carboxylic acids is 1. The lowest BCUT2D eigenvalue weighted by Gasteiger charge is -2.28. The van der Waals surface area contributed by atoms with Crippen LogP contribution >= 0.6 is 22.9 Å². The standard InChI is InChI=1S/C22H22ClN3O2S/c23-18-6-2-1-5-17(18)9-10-21(27)26(12-11-25-13-15-28-16-14-25)22-24-19-7-3-4-8-20(19)29-22/h1-10H,11-16H2/b10-9+. The van der Waals surface area contributed by atoms with Gasteiger partial charge in [0.15, 0.2) is 5.13 Å². The number of ether oxygens (including phenoxy) is 1. The van der Waals surface area contributed by atoms with Gasteiger partial charge in [-0.25, -0.2) is 4.98 Å². The van der Waals surface area contributed by atoms with Gasteiger partial charge in [0.05, 0.1) is 23.4 Å². The van der Waals surface area contributed by atoms with E-state index >= 15 is 0 Å². The van der Waals surface area contributed by atoms with Gasteiger partial charge < -0.3 is 4.74 Å². The molecule has 0 aliphatic carbocycles. The topological polar surface area (TPSA) is 45.7 Å². The van der Waals surface area contributed by atoms with Crippen LogP contribution in [-0.4, -0.2) is 55.2 Å². The molecule has 1 aliphatic rings. The Morgan fingerprint density at radius 1 is 1.17 bits per heavy atom. The van der Waals surface area contributed by atoms with Crippen LogP contribution in [0.5, 0.6) is 0 Å². The normalized spacial score (nSPS) is 15.2. The highest BCUT2D eigenvalue weighted by atomic mass is 35.5. The number of para-hydroxylation sites is 1. The van der Waals surface area contributed by atoms with Crippen LogP contribution in [-0.2, 0) is 9.53 Å². The van der Waals surface area contributed by atoms with Gasteiger partial charge in [-0.1, -0.05) is 53.3 Å². The van der Waals surface area contributed by atoms with Gasteiger partial charge in [0.25, 0.3) is 5.91 Å². The number of nitrogens with zero attached hydrogens (tertiary/aromatic N) is 3. The summed E-state index contributed by atoms with van der Waals surface area (Å²) in [5.41, 5.74) is 1.73. The number of morpholine rings is 1. The van der Waals surface area contributed by atoms with Crippen LogP contribution in [0.1, 0.15) is 5.56 Å². The highest BCUT2D eigenvalue weighted by molar-refractivity contribution is 7.22. The number of hydrogen-bond acceptors (Lipinski definition) is 5. The molecule has 0 N–H and O–H groups in total. The Morgan fingerprint density at radius 2 is 1.93 bits per heavy atom. The van der Waals surface area contributed by atoms with E-state index in [0.717, 1.165) is 48.6 Å². The molecule has 29 heavy (non-hydrogen) atoms. The number of hydrogen-bond donors (Lipinski definition) is 0. The van der Waals surface area contributed by atoms with E-state index in [9.17, 15) is 4.79 Å². The minimum Gasteiger partial charge on any atom is -0.379 e. The Kier molecular flexibility index (Phi) is 6.56. The van der Waals surface area contributed by atoms with Crippen LogP contribution in [0.3, 0.4) is 0 Å². The molecule has 7 heteroatoms. The summed E-state index contributed by atoms with van der Waals surface area (Å²) in [5.74, 6) is -0.0998. The molecule has 2 aromatic carbocycles. The largest absolute Gasteiger partial charge is 0.379 e. The number of aromatic nitrogens is 1. The Labute approximate surface area is 179 Å². The van der Waals surface area contributed by atoms with E-state index in [1.54, 1.807) is 17.1 Å². The van der Waals surface area contributed by atoms with Crippen molar-refractivity contribution in [2.75, 3.05) is 44.3 Å². The molecule has 4 rings (SSSR count). The monoisotopic (exact) mass is 427 g/mol. The molecule has 3 aromatic rings. The third kappa shape index (κ3) is 5.03. The molecule has 150 valence electrons. The zero-order chi connectivity index (χ0) is 20.1. The number of fused-ring (bicyclic) bond motifs is 1. The molecule has 5 nitrogen and oxygen atoms in total. The van der Waals surface area contributed by atoms with E-state index in [1.165, 1.54) is 11.3 Å². The first-order valence-corrected chi connectivity index (χ1v) is 10.8. The van der Waals surface area contributed by atoms with Gasteiger partial charge in [-0.3, -0.25) is 14.6 Å². The van der Waals surface area contributed by atoms with Crippen LogP contribution in [0.2, 0.25) is 5.02 Å². The van der Waals surface area contributed by atoms with Crippen molar-refractivity contribution in [3.05, 3.63) is 65.2 Å². The maximum Gasteiger partial charge on any atom is 0.252 e. The van der Waals surface area contributed by atoms with Crippen molar-refractivity contribution in [1.82, 2.24) is 9.88 Å². The van der Waals surface area contributed by atoms with E-state index in [-0.39, 0.29) is 5.91 Å².